The molecule has 0 radical (unpaired) electrons. The molecule has 0 aliphatic carbocycles. The van der Waals surface area contributed by atoms with Gasteiger partial charge in [-0.2, -0.15) is 0 Å². The van der Waals surface area contributed by atoms with E-state index in [9.17, 15) is 14.8 Å². The predicted octanol–water partition coefficient (Wildman–Crippen LogP) is 3.31. The van der Waals surface area contributed by atoms with Crippen LogP contribution in [0, 0.1) is 0 Å². The van der Waals surface area contributed by atoms with Gasteiger partial charge in [0.1, 0.15) is 0 Å². The fourth-order valence-corrected chi connectivity index (χ4v) is 3.50. The molecule has 2 aromatic carbocycles. The fourth-order valence-electron chi connectivity index (χ4n) is 1.93. The Kier molecular flexibility index (Phi) is 6.51. The summed E-state index contributed by atoms with van der Waals surface area (Å²) < 4.78 is 23.6. The molecule has 23 heavy (non-hydrogen) atoms. The molecular weight excluding hydrogens is 315 g/mol. The molecule has 0 bridgehead atoms. The third-order valence-electron chi connectivity index (χ3n) is 3.26. The van der Waals surface area contributed by atoms with Crippen LogP contribution in [0.1, 0.15) is 18.1 Å². The monoisotopic (exact) mass is 336 g/mol. The summed E-state index contributed by atoms with van der Waals surface area (Å²) in [5.41, 5.74) is 1.60. The molecule has 0 amide bonds. The zero-order chi connectivity index (χ0) is 16.7. The van der Waals surface area contributed by atoms with E-state index in [1.54, 1.807) is 0 Å². The van der Waals surface area contributed by atoms with Crippen LogP contribution in [-0.2, 0) is 26.8 Å². The maximum atomic E-state index is 12.8. The lowest BCUT2D eigenvalue weighted by molar-refractivity contribution is 0.0469. The summed E-state index contributed by atoms with van der Waals surface area (Å²) in [7, 11) is -3.89. The molecule has 0 spiro atoms. The van der Waals surface area contributed by atoms with Crippen molar-refractivity contribution in [2.45, 2.75) is 32.1 Å². The Labute approximate surface area is 136 Å². The third kappa shape index (κ3) is 5.27. The molecule has 2 unspecified atom stereocenters. The lowest BCUT2D eigenvalue weighted by Gasteiger charge is -2.25. The molecule has 0 heterocycles. The van der Waals surface area contributed by atoms with Crippen molar-refractivity contribution in [3.63, 3.8) is 0 Å². The highest BCUT2D eigenvalue weighted by molar-refractivity contribution is 7.54. The first-order chi connectivity index (χ1) is 11.0. The summed E-state index contributed by atoms with van der Waals surface area (Å²) in [6.45, 7) is 1.39. The van der Waals surface area contributed by atoms with E-state index >= 15 is 0 Å². The van der Waals surface area contributed by atoms with Crippen LogP contribution < -0.4 is 0 Å². The molecule has 0 saturated carbocycles. The molecule has 2 atom stereocenters. The molecule has 0 aromatic heterocycles. The molecule has 0 aliphatic heterocycles. The number of hydrogen-bond donors (Lipinski definition) is 2. The number of aliphatic hydroxyl groups is 2. The second-order valence-electron chi connectivity index (χ2n) is 5.21. The largest absolute Gasteiger partial charge is 0.390 e. The van der Waals surface area contributed by atoms with E-state index in [1.807, 2.05) is 60.7 Å². The van der Waals surface area contributed by atoms with Gasteiger partial charge in [0.2, 0.25) is 0 Å². The van der Waals surface area contributed by atoms with Gasteiger partial charge in [0.05, 0.1) is 19.3 Å². The second kappa shape index (κ2) is 8.39. The molecule has 0 fully saturated rings. The van der Waals surface area contributed by atoms with E-state index in [0.717, 1.165) is 11.1 Å². The van der Waals surface area contributed by atoms with Gasteiger partial charge in [0.15, 0.2) is 5.85 Å². The van der Waals surface area contributed by atoms with Gasteiger partial charge in [0, 0.05) is 0 Å². The molecule has 0 saturated heterocycles. The minimum atomic E-state index is -3.89. The molecule has 5 nitrogen and oxygen atoms in total. The lowest BCUT2D eigenvalue weighted by Crippen LogP contribution is -2.24. The zero-order valence-electron chi connectivity index (χ0n) is 12.9. The van der Waals surface area contributed by atoms with E-state index in [1.165, 1.54) is 6.92 Å². The zero-order valence-corrected chi connectivity index (χ0v) is 13.8. The minimum absolute atomic E-state index is 0.0245. The highest BCUT2D eigenvalue weighted by atomic mass is 31.2. The molecule has 0 aliphatic rings. The summed E-state index contributed by atoms with van der Waals surface area (Å²) >= 11 is 0. The van der Waals surface area contributed by atoms with Gasteiger partial charge in [-0.15, -0.1) is 0 Å². The van der Waals surface area contributed by atoms with Crippen molar-refractivity contribution in [3.8, 4) is 0 Å². The normalized spacial score (nSPS) is 14.4. The standard InChI is InChI=1S/C17H21O5P/c1-14(18)17(19)23(20,21-12-15-8-4-2-5-9-15)22-13-16-10-6-3-7-11-16/h2-11,14,17-19H,12-13H2,1H3. The third-order valence-corrected chi connectivity index (χ3v) is 5.32. The summed E-state index contributed by atoms with van der Waals surface area (Å²) in [5.74, 6) is -1.60. The first kappa shape index (κ1) is 17.9. The smallest absolute Gasteiger partial charge is 0.362 e. The molecule has 2 rings (SSSR count). The Morgan fingerprint density at radius 3 is 1.61 bits per heavy atom. The van der Waals surface area contributed by atoms with Crippen LogP contribution in [0.2, 0.25) is 0 Å². The van der Waals surface area contributed by atoms with Crippen molar-refractivity contribution in [2.24, 2.45) is 0 Å². The number of benzene rings is 2. The Balaban J connectivity index is 2.07. The van der Waals surface area contributed by atoms with E-state index in [0.29, 0.717) is 0 Å². The average Bonchev–Trinajstić information content (AvgIpc) is 2.59. The van der Waals surface area contributed by atoms with Gasteiger partial charge < -0.3 is 19.3 Å². The van der Waals surface area contributed by atoms with E-state index < -0.39 is 19.5 Å². The molecule has 6 heteroatoms. The first-order valence-corrected chi connectivity index (χ1v) is 8.95. The van der Waals surface area contributed by atoms with Gasteiger partial charge in [-0.25, -0.2) is 0 Å². The summed E-state index contributed by atoms with van der Waals surface area (Å²) in [4.78, 5) is 0. The van der Waals surface area contributed by atoms with Gasteiger partial charge in [-0.05, 0) is 18.1 Å². The van der Waals surface area contributed by atoms with Crippen LogP contribution in [0.5, 0.6) is 0 Å². The Morgan fingerprint density at radius 2 is 1.26 bits per heavy atom. The minimum Gasteiger partial charge on any atom is -0.390 e. The van der Waals surface area contributed by atoms with E-state index in [4.69, 9.17) is 9.05 Å². The van der Waals surface area contributed by atoms with Crippen LogP contribution in [0.15, 0.2) is 60.7 Å². The van der Waals surface area contributed by atoms with Crippen molar-refractivity contribution >= 4 is 7.60 Å². The molecule has 2 N–H and O–H groups in total. The van der Waals surface area contributed by atoms with Crippen molar-refractivity contribution < 1.29 is 23.8 Å². The van der Waals surface area contributed by atoms with Crippen LogP contribution in [-0.4, -0.2) is 22.2 Å². The van der Waals surface area contributed by atoms with Crippen molar-refractivity contribution in [3.05, 3.63) is 71.8 Å². The van der Waals surface area contributed by atoms with Gasteiger partial charge in [-0.3, -0.25) is 4.57 Å². The van der Waals surface area contributed by atoms with Crippen molar-refractivity contribution in [1.82, 2.24) is 0 Å². The Bertz CT molecular complexity index is 582. The molecule has 2 aromatic rings. The van der Waals surface area contributed by atoms with Gasteiger partial charge in [-0.1, -0.05) is 60.7 Å². The first-order valence-electron chi connectivity index (χ1n) is 7.34. The summed E-state index contributed by atoms with van der Waals surface area (Å²) in [5, 5.41) is 19.6. The van der Waals surface area contributed by atoms with Crippen LogP contribution in [0.4, 0.5) is 0 Å². The van der Waals surface area contributed by atoms with Crippen LogP contribution >= 0.6 is 7.60 Å². The highest BCUT2D eigenvalue weighted by Crippen LogP contribution is 2.54. The number of aliphatic hydroxyl groups excluding tert-OH is 2. The summed E-state index contributed by atoms with van der Waals surface area (Å²) in [6, 6.07) is 18.3. The van der Waals surface area contributed by atoms with Gasteiger partial charge in [0.25, 0.3) is 0 Å². The van der Waals surface area contributed by atoms with E-state index in [-0.39, 0.29) is 13.2 Å². The Hall–Kier alpha value is -1.49. The van der Waals surface area contributed by atoms with Crippen molar-refractivity contribution in [1.29, 1.82) is 0 Å². The van der Waals surface area contributed by atoms with Crippen LogP contribution in [0.3, 0.4) is 0 Å². The maximum absolute atomic E-state index is 12.8. The number of hydrogen-bond acceptors (Lipinski definition) is 5. The topological polar surface area (TPSA) is 76.0 Å². The second-order valence-corrected chi connectivity index (χ2v) is 7.34. The quantitative estimate of drug-likeness (QED) is 0.723. The average molecular weight is 336 g/mol. The maximum Gasteiger partial charge on any atom is 0.362 e. The number of rotatable bonds is 8. The van der Waals surface area contributed by atoms with Crippen LogP contribution in [0.25, 0.3) is 0 Å². The SMILES string of the molecule is CC(O)C(O)P(=O)(OCc1ccccc1)OCc1ccccc1. The van der Waals surface area contributed by atoms with E-state index in [2.05, 4.69) is 0 Å². The lowest BCUT2D eigenvalue weighted by atomic mass is 10.2. The summed E-state index contributed by atoms with van der Waals surface area (Å²) in [6.07, 6.45) is -1.23. The van der Waals surface area contributed by atoms with Crippen molar-refractivity contribution in [2.75, 3.05) is 0 Å². The molecular formula is C17H21O5P. The Morgan fingerprint density at radius 1 is 0.870 bits per heavy atom. The molecule has 124 valence electrons. The highest BCUT2D eigenvalue weighted by Gasteiger charge is 2.38. The fraction of sp³-hybridized carbons (Fsp3) is 0.294. The predicted molar refractivity (Wildman–Crippen MR) is 87.8 cm³/mol. The van der Waals surface area contributed by atoms with Gasteiger partial charge >= 0.3 is 7.60 Å².